The van der Waals surface area contributed by atoms with Crippen LogP contribution in [0, 0.1) is 5.92 Å². The second kappa shape index (κ2) is 8.81. The number of hydrogen-bond acceptors (Lipinski definition) is 4. The van der Waals surface area contributed by atoms with Crippen LogP contribution in [0.4, 0.5) is 0 Å². The zero-order valence-electron chi connectivity index (χ0n) is 15.6. The Morgan fingerprint density at radius 1 is 1.22 bits per heavy atom. The second-order valence-electron chi connectivity index (χ2n) is 7.27. The molecule has 1 aromatic carbocycles. The summed E-state index contributed by atoms with van der Waals surface area (Å²) in [4.78, 5) is 39.6. The van der Waals surface area contributed by atoms with Crippen LogP contribution in [-0.4, -0.2) is 33.4 Å². The molecule has 7 heteroatoms. The van der Waals surface area contributed by atoms with E-state index in [1.54, 1.807) is 0 Å². The number of rotatable bonds is 6. The van der Waals surface area contributed by atoms with Gasteiger partial charge in [0.25, 0.3) is 5.56 Å². The van der Waals surface area contributed by atoms with Crippen molar-refractivity contribution in [3.63, 3.8) is 0 Å². The van der Waals surface area contributed by atoms with Gasteiger partial charge in [-0.2, -0.15) is 0 Å². The van der Waals surface area contributed by atoms with Crippen LogP contribution in [0.2, 0.25) is 0 Å². The van der Waals surface area contributed by atoms with E-state index in [1.807, 2.05) is 18.2 Å². The summed E-state index contributed by atoms with van der Waals surface area (Å²) in [5.41, 5.74) is 1.24. The van der Waals surface area contributed by atoms with E-state index < -0.39 is 11.2 Å². The summed E-state index contributed by atoms with van der Waals surface area (Å²) in [6.45, 7) is 5.68. The number of carbonyl (C=O) groups is 1. The third-order valence-corrected chi connectivity index (χ3v) is 4.94. The molecule has 1 atom stereocenters. The van der Waals surface area contributed by atoms with Gasteiger partial charge >= 0.3 is 5.69 Å². The van der Waals surface area contributed by atoms with Crippen molar-refractivity contribution in [1.82, 2.24) is 19.8 Å². The largest absolute Gasteiger partial charge is 0.350 e. The van der Waals surface area contributed by atoms with E-state index >= 15 is 0 Å². The summed E-state index contributed by atoms with van der Waals surface area (Å²) in [5.74, 6) is 0.451. The van der Waals surface area contributed by atoms with Crippen molar-refractivity contribution in [2.75, 3.05) is 13.1 Å². The summed E-state index contributed by atoms with van der Waals surface area (Å²) in [5, 5.41) is 2.87. The summed E-state index contributed by atoms with van der Waals surface area (Å²) >= 11 is 0. The first-order chi connectivity index (χ1) is 13.0. The van der Waals surface area contributed by atoms with Crippen molar-refractivity contribution in [3.8, 4) is 0 Å². The molecule has 1 fully saturated rings. The number of H-pyrrole nitrogens is 1. The molecule has 1 aromatic heterocycles. The molecule has 27 heavy (non-hydrogen) atoms. The number of nitrogens with zero attached hydrogens (tertiary/aromatic N) is 2. The SMILES string of the molecule is C[C@@H]1CCCN(Cc2ccccc2CNC(=O)Cn2ccc(=O)[nH]c2=O)C1. The highest BCUT2D eigenvalue weighted by Gasteiger charge is 2.17. The zero-order valence-corrected chi connectivity index (χ0v) is 15.6. The molecule has 0 spiro atoms. The molecule has 0 aliphatic carbocycles. The molecule has 1 saturated heterocycles. The van der Waals surface area contributed by atoms with Crippen molar-refractivity contribution in [3.05, 3.63) is 68.5 Å². The Labute approximate surface area is 158 Å². The van der Waals surface area contributed by atoms with E-state index in [1.165, 1.54) is 35.2 Å². The van der Waals surface area contributed by atoms with Crippen LogP contribution in [0.3, 0.4) is 0 Å². The third-order valence-electron chi connectivity index (χ3n) is 4.94. The Bertz CT molecular complexity index is 902. The van der Waals surface area contributed by atoms with Gasteiger partial charge in [0.1, 0.15) is 6.54 Å². The Morgan fingerprint density at radius 3 is 2.74 bits per heavy atom. The van der Waals surface area contributed by atoms with Gasteiger partial charge in [-0.3, -0.25) is 24.0 Å². The first-order valence-electron chi connectivity index (χ1n) is 9.37. The average Bonchev–Trinajstić information content (AvgIpc) is 2.63. The highest BCUT2D eigenvalue weighted by molar-refractivity contribution is 5.75. The van der Waals surface area contributed by atoms with Crippen LogP contribution in [0.15, 0.2) is 46.1 Å². The smallest absolute Gasteiger partial charge is 0.328 e. The Balaban J connectivity index is 1.59. The normalized spacial score (nSPS) is 17.6. The molecule has 2 heterocycles. The lowest BCUT2D eigenvalue weighted by molar-refractivity contribution is -0.121. The van der Waals surface area contributed by atoms with Crippen LogP contribution in [0.1, 0.15) is 30.9 Å². The van der Waals surface area contributed by atoms with Crippen molar-refractivity contribution < 1.29 is 4.79 Å². The number of likely N-dealkylation sites (tertiary alicyclic amines) is 1. The van der Waals surface area contributed by atoms with Gasteiger partial charge in [-0.25, -0.2) is 4.79 Å². The van der Waals surface area contributed by atoms with Gasteiger partial charge in [-0.1, -0.05) is 31.2 Å². The van der Waals surface area contributed by atoms with Crippen molar-refractivity contribution >= 4 is 5.91 Å². The van der Waals surface area contributed by atoms with Crippen LogP contribution in [0.25, 0.3) is 0 Å². The zero-order chi connectivity index (χ0) is 19.2. The van der Waals surface area contributed by atoms with E-state index in [-0.39, 0.29) is 12.5 Å². The topological polar surface area (TPSA) is 87.2 Å². The molecule has 1 amide bonds. The average molecular weight is 370 g/mol. The maximum atomic E-state index is 12.2. The summed E-state index contributed by atoms with van der Waals surface area (Å²) in [6, 6.07) is 9.34. The van der Waals surface area contributed by atoms with Gasteiger partial charge in [-0.05, 0) is 36.4 Å². The number of amides is 1. The quantitative estimate of drug-likeness (QED) is 0.797. The van der Waals surface area contributed by atoms with E-state index in [0.717, 1.165) is 31.1 Å². The van der Waals surface area contributed by atoms with E-state index in [4.69, 9.17) is 0 Å². The summed E-state index contributed by atoms with van der Waals surface area (Å²) in [6.07, 6.45) is 3.85. The maximum absolute atomic E-state index is 12.2. The van der Waals surface area contributed by atoms with Crippen LogP contribution >= 0.6 is 0 Å². The maximum Gasteiger partial charge on any atom is 0.328 e. The van der Waals surface area contributed by atoms with Crippen molar-refractivity contribution in [1.29, 1.82) is 0 Å². The number of nitrogens with one attached hydrogen (secondary N) is 2. The number of carbonyl (C=O) groups excluding carboxylic acids is 1. The number of aromatic amines is 1. The Morgan fingerprint density at radius 2 is 2.00 bits per heavy atom. The second-order valence-corrected chi connectivity index (χ2v) is 7.27. The first-order valence-corrected chi connectivity index (χ1v) is 9.37. The van der Waals surface area contributed by atoms with Crippen LogP contribution in [0.5, 0.6) is 0 Å². The molecule has 7 nitrogen and oxygen atoms in total. The first kappa shape index (κ1) is 19.1. The molecule has 1 aliphatic rings. The highest BCUT2D eigenvalue weighted by Crippen LogP contribution is 2.19. The van der Waals surface area contributed by atoms with Gasteiger partial charge < -0.3 is 5.32 Å². The Hall–Kier alpha value is -2.67. The van der Waals surface area contributed by atoms with Crippen LogP contribution < -0.4 is 16.6 Å². The minimum Gasteiger partial charge on any atom is -0.350 e. The molecule has 1 aliphatic heterocycles. The highest BCUT2D eigenvalue weighted by atomic mass is 16.2. The molecule has 144 valence electrons. The lowest BCUT2D eigenvalue weighted by Gasteiger charge is -2.31. The van der Waals surface area contributed by atoms with Crippen LogP contribution in [-0.2, 0) is 24.4 Å². The minimum absolute atomic E-state index is 0.124. The monoisotopic (exact) mass is 370 g/mol. The molecule has 0 saturated carbocycles. The molecule has 2 aromatic rings. The van der Waals surface area contributed by atoms with Gasteiger partial charge in [0.15, 0.2) is 0 Å². The molecule has 0 bridgehead atoms. The summed E-state index contributed by atoms with van der Waals surface area (Å²) in [7, 11) is 0. The fraction of sp³-hybridized carbons (Fsp3) is 0.450. The molecule has 3 rings (SSSR count). The number of aromatic nitrogens is 2. The predicted octanol–water partition coefficient (Wildman–Crippen LogP) is 1.08. The predicted molar refractivity (Wildman–Crippen MR) is 103 cm³/mol. The third kappa shape index (κ3) is 5.40. The molecular weight excluding hydrogens is 344 g/mol. The van der Waals surface area contributed by atoms with E-state index in [9.17, 15) is 14.4 Å². The number of piperidine rings is 1. The van der Waals surface area contributed by atoms with E-state index in [2.05, 4.69) is 28.2 Å². The van der Waals surface area contributed by atoms with Crippen molar-refractivity contribution in [2.24, 2.45) is 5.92 Å². The number of benzene rings is 1. The van der Waals surface area contributed by atoms with Gasteiger partial charge in [0, 0.05) is 31.9 Å². The lowest BCUT2D eigenvalue weighted by atomic mass is 9.99. The molecule has 2 N–H and O–H groups in total. The Kier molecular flexibility index (Phi) is 6.24. The lowest BCUT2D eigenvalue weighted by Crippen LogP contribution is -2.36. The van der Waals surface area contributed by atoms with Gasteiger partial charge in [0.05, 0.1) is 0 Å². The minimum atomic E-state index is -0.586. The molecular formula is C20H26N4O3. The van der Waals surface area contributed by atoms with E-state index in [0.29, 0.717) is 6.54 Å². The molecule has 0 radical (unpaired) electrons. The van der Waals surface area contributed by atoms with Gasteiger partial charge in [-0.15, -0.1) is 0 Å². The van der Waals surface area contributed by atoms with Gasteiger partial charge in [0.2, 0.25) is 5.91 Å². The molecule has 0 unspecified atom stereocenters. The standard InChI is InChI=1S/C20H26N4O3/c1-15-5-4-9-23(12-15)13-17-7-3-2-6-16(17)11-21-19(26)14-24-10-8-18(25)22-20(24)27/h2-3,6-8,10,15H,4-5,9,11-14H2,1H3,(H,21,26)(H,22,25,27)/t15-/m1/s1. The summed E-state index contributed by atoms with van der Waals surface area (Å²) < 4.78 is 1.18. The number of hydrogen-bond donors (Lipinski definition) is 2. The fourth-order valence-corrected chi connectivity index (χ4v) is 3.53. The fourth-order valence-electron chi connectivity index (χ4n) is 3.53. The van der Waals surface area contributed by atoms with Crippen molar-refractivity contribution in [2.45, 2.75) is 39.4 Å².